The Hall–Kier alpha value is -3.59. The van der Waals surface area contributed by atoms with E-state index in [2.05, 4.69) is 35.5 Å². The maximum atomic E-state index is 12.0. The van der Waals surface area contributed by atoms with Gasteiger partial charge in [-0.2, -0.15) is 0 Å². The van der Waals surface area contributed by atoms with E-state index < -0.39 is 0 Å². The number of esters is 1. The quantitative estimate of drug-likeness (QED) is 0.272. The van der Waals surface area contributed by atoms with Crippen molar-refractivity contribution in [1.82, 2.24) is 0 Å². The van der Waals surface area contributed by atoms with Gasteiger partial charge in [-0.1, -0.05) is 48.4 Å². The lowest BCUT2D eigenvalue weighted by Crippen LogP contribution is -2.80. The highest BCUT2D eigenvalue weighted by Crippen LogP contribution is 2.12. The van der Waals surface area contributed by atoms with Crippen molar-refractivity contribution in [3.8, 4) is 18.1 Å². The van der Waals surface area contributed by atoms with E-state index >= 15 is 0 Å². The number of terminal acetylenes is 1. The second kappa shape index (κ2) is 13.0. The van der Waals surface area contributed by atoms with E-state index in [4.69, 9.17) is 20.6 Å². The van der Waals surface area contributed by atoms with Gasteiger partial charge >= 0.3 is 5.97 Å². The van der Waals surface area contributed by atoms with Gasteiger partial charge in [-0.05, 0) is 42.0 Å². The first-order valence-electron chi connectivity index (χ1n) is 10.6. The van der Waals surface area contributed by atoms with E-state index in [0.717, 1.165) is 24.4 Å². The first kappa shape index (κ1) is 23.1. The van der Waals surface area contributed by atoms with Crippen LogP contribution >= 0.6 is 0 Å². The Balaban J connectivity index is 1.35. The first-order chi connectivity index (χ1) is 15.7. The van der Waals surface area contributed by atoms with E-state index in [1.54, 1.807) is 12.1 Å². The van der Waals surface area contributed by atoms with Crippen LogP contribution in [-0.2, 0) is 29.2 Å². The highest BCUT2D eigenvalue weighted by Gasteiger charge is 2.06. The van der Waals surface area contributed by atoms with Crippen LogP contribution in [0.2, 0.25) is 0 Å². The van der Waals surface area contributed by atoms with Crippen LogP contribution in [0.1, 0.15) is 27.0 Å². The molecule has 0 amide bonds. The van der Waals surface area contributed by atoms with Gasteiger partial charge in [0.25, 0.3) is 0 Å². The Bertz CT molecular complexity index is 993. The summed E-state index contributed by atoms with van der Waals surface area (Å²) in [6.07, 6.45) is 5.13. The molecule has 0 spiro atoms. The molecule has 32 heavy (non-hydrogen) atoms. The van der Waals surface area contributed by atoms with E-state index in [1.165, 1.54) is 11.1 Å². The normalized spacial score (nSPS) is 10.3. The summed E-state index contributed by atoms with van der Waals surface area (Å²) in [5.74, 6) is 2.94. The van der Waals surface area contributed by atoms with Gasteiger partial charge in [0.05, 0.1) is 12.2 Å². The molecule has 0 aromatic heterocycles. The highest BCUT2D eigenvalue weighted by molar-refractivity contribution is 5.89. The summed E-state index contributed by atoms with van der Waals surface area (Å²) < 4.78 is 16.2. The molecule has 0 saturated heterocycles. The third-order valence-corrected chi connectivity index (χ3v) is 4.77. The number of hydrogen-bond donors (Lipinski definition) is 1. The van der Waals surface area contributed by atoms with Crippen LogP contribution < -0.4 is 10.1 Å². The van der Waals surface area contributed by atoms with E-state index in [9.17, 15) is 4.79 Å². The molecule has 3 aromatic carbocycles. The van der Waals surface area contributed by atoms with Gasteiger partial charge in [0.1, 0.15) is 38.7 Å². The fraction of sp³-hybridized carbons (Fsp3) is 0.222. The molecule has 5 heteroatoms. The van der Waals surface area contributed by atoms with Crippen molar-refractivity contribution in [2.24, 2.45) is 0 Å². The molecular weight excluding hydrogens is 402 g/mol. The van der Waals surface area contributed by atoms with Gasteiger partial charge in [0, 0.05) is 11.1 Å². The zero-order valence-corrected chi connectivity index (χ0v) is 18.0. The Morgan fingerprint density at radius 1 is 0.812 bits per heavy atom. The molecule has 3 aromatic rings. The molecule has 0 aliphatic heterocycles. The second-order valence-electron chi connectivity index (χ2n) is 7.20. The predicted molar refractivity (Wildman–Crippen MR) is 123 cm³/mol. The van der Waals surface area contributed by atoms with Crippen molar-refractivity contribution < 1.29 is 24.3 Å². The van der Waals surface area contributed by atoms with Gasteiger partial charge < -0.3 is 19.5 Å². The number of carbonyl (C=O) groups excluding carboxylic acids is 1. The summed E-state index contributed by atoms with van der Waals surface area (Å²) in [4.78, 5) is 12.0. The van der Waals surface area contributed by atoms with Gasteiger partial charge in [0.15, 0.2) is 0 Å². The lowest BCUT2D eigenvalue weighted by Gasteiger charge is -2.08. The lowest BCUT2D eigenvalue weighted by molar-refractivity contribution is -0.686. The van der Waals surface area contributed by atoms with Crippen molar-refractivity contribution in [2.45, 2.75) is 19.7 Å². The van der Waals surface area contributed by atoms with Gasteiger partial charge in [0.2, 0.25) is 0 Å². The minimum Gasteiger partial charge on any atom is -0.491 e. The maximum Gasteiger partial charge on any atom is 0.338 e. The third-order valence-electron chi connectivity index (χ3n) is 4.77. The predicted octanol–water partition coefficient (Wildman–Crippen LogP) is 3.34. The molecule has 0 bridgehead atoms. The molecule has 0 heterocycles. The van der Waals surface area contributed by atoms with Gasteiger partial charge in [-0.25, -0.2) is 4.79 Å². The average molecular weight is 431 g/mol. The minimum absolute atomic E-state index is 0.266. The van der Waals surface area contributed by atoms with Crippen LogP contribution in [-0.4, -0.2) is 25.8 Å². The zero-order chi connectivity index (χ0) is 22.4. The van der Waals surface area contributed by atoms with Crippen LogP contribution in [0.15, 0.2) is 78.9 Å². The smallest absolute Gasteiger partial charge is 0.338 e. The summed E-state index contributed by atoms with van der Waals surface area (Å²) >= 11 is 0. The molecule has 0 unspecified atom stereocenters. The van der Waals surface area contributed by atoms with Crippen molar-refractivity contribution >= 4 is 5.97 Å². The molecule has 0 fully saturated rings. The molecule has 0 aliphatic rings. The number of quaternary nitrogens is 1. The van der Waals surface area contributed by atoms with Crippen LogP contribution in [0, 0.1) is 12.3 Å². The summed E-state index contributed by atoms with van der Waals surface area (Å²) in [7, 11) is 0. The third kappa shape index (κ3) is 7.92. The number of rotatable bonds is 12. The number of nitrogens with two attached hydrogens (primary N) is 1. The van der Waals surface area contributed by atoms with Crippen LogP contribution in [0.5, 0.6) is 5.75 Å². The largest absolute Gasteiger partial charge is 0.491 e. The van der Waals surface area contributed by atoms with E-state index in [1.807, 2.05) is 42.5 Å². The van der Waals surface area contributed by atoms with Gasteiger partial charge in [-0.3, -0.25) is 0 Å². The number of hydrogen-bond acceptors (Lipinski definition) is 4. The monoisotopic (exact) mass is 430 g/mol. The van der Waals surface area contributed by atoms with Gasteiger partial charge in [-0.15, -0.1) is 6.42 Å². The van der Waals surface area contributed by atoms with E-state index in [0.29, 0.717) is 25.4 Å². The molecule has 164 valence electrons. The molecular formula is C27H28NO4+. The molecule has 0 atom stereocenters. The van der Waals surface area contributed by atoms with Crippen molar-refractivity contribution in [3.63, 3.8) is 0 Å². The first-order valence-corrected chi connectivity index (χ1v) is 10.6. The topological polar surface area (TPSA) is 61.4 Å². The van der Waals surface area contributed by atoms with Crippen molar-refractivity contribution in [1.29, 1.82) is 0 Å². The number of ether oxygens (including phenoxy) is 3. The molecule has 5 nitrogen and oxygen atoms in total. The zero-order valence-electron chi connectivity index (χ0n) is 18.0. The Morgan fingerprint density at radius 3 is 2.09 bits per heavy atom. The van der Waals surface area contributed by atoms with Crippen molar-refractivity contribution in [3.05, 3.63) is 101 Å². The average Bonchev–Trinajstić information content (AvgIpc) is 2.84. The Labute approximate surface area is 189 Å². The Kier molecular flexibility index (Phi) is 9.35. The van der Waals surface area contributed by atoms with Crippen LogP contribution in [0.4, 0.5) is 0 Å². The fourth-order valence-electron chi connectivity index (χ4n) is 3.05. The standard InChI is InChI=1S/C27H27NO4/c1-2-16-30-17-18-31-26-14-12-23(13-15-26)20-28-19-22-8-10-24(11-9-22)21-32-27(29)25-6-4-3-5-7-25/h1,3-15,28H,16-21H2/p+1. The van der Waals surface area contributed by atoms with Crippen molar-refractivity contribution in [2.75, 3.05) is 19.8 Å². The summed E-state index contributed by atoms with van der Waals surface area (Å²) in [5.41, 5.74) is 3.98. The summed E-state index contributed by atoms with van der Waals surface area (Å²) in [5, 5.41) is 2.24. The fourth-order valence-corrected chi connectivity index (χ4v) is 3.05. The maximum absolute atomic E-state index is 12.0. The molecule has 0 aliphatic carbocycles. The Morgan fingerprint density at radius 2 is 1.44 bits per heavy atom. The molecule has 0 radical (unpaired) electrons. The van der Waals surface area contributed by atoms with E-state index in [-0.39, 0.29) is 12.6 Å². The second-order valence-corrected chi connectivity index (χ2v) is 7.20. The number of carbonyl (C=O) groups is 1. The highest BCUT2D eigenvalue weighted by atomic mass is 16.5. The lowest BCUT2D eigenvalue weighted by atomic mass is 10.1. The minimum atomic E-state index is -0.309. The summed E-state index contributed by atoms with van der Waals surface area (Å²) in [6.45, 7) is 3.28. The SMILES string of the molecule is C#CCOCCOc1ccc(C[NH2+]Cc2ccc(COC(=O)c3ccccc3)cc2)cc1. The number of benzene rings is 3. The molecule has 3 rings (SSSR count). The molecule has 2 N–H and O–H groups in total. The van der Waals surface area contributed by atoms with Crippen LogP contribution in [0.3, 0.4) is 0 Å². The molecule has 0 saturated carbocycles. The summed E-state index contributed by atoms with van der Waals surface area (Å²) in [6, 6.07) is 25.2. The van der Waals surface area contributed by atoms with Crippen LogP contribution in [0.25, 0.3) is 0 Å².